The van der Waals surface area contributed by atoms with Gasteiger partial charge in [-0.15, -0.1) is 0 Å². The van der Waals surface area contributed by atoms with Crippen LogP contribution in [0.15, 0.2) is 36.4 Å². The van der Waals surface area contributed by atoms with Gasteiger partial charge in [-0.1, -0.05) is 0 Å². The maximum absolute atomic E-state index is 14.5. The molecule has 0 radical (unpaired) electrons. The summed E-state index contributed by atoms with van der Waals surface area (Å²) < 4.78 is 25.4. The Morgan fingerprint density at radius 2 is 1.56 bits per heavy atom. The van der Waals surface area contributed by atoms with Gasteiger partial charge in [0.25, 0.3) is 0 Å². The number of fused-ring (bicyclic) bond motifs is 1. The van der Waals surface area contributed by atoms with E-state index in [2.05, 4.69) is 15.5 Å². The third-order valence-electron chi connectivity index (χ3n) is 4.70. The molecule has 2 aliphatic heterocycles. The summed E-state index contributed by atoms with van der Waals surface area (Å²) in [5.41, 5.74) is 1.57. The normalized spacial score (nSPS) is 16.0. The molecule has 0 atom stereocenters. The molecule has 0 aliphatic carbocycles. The van der Waals surface area contributed by atoms with Gasteiger partial charge in [0, 0.05) is 30.5 Å². The maximum atomic E-state index is 14.5. The van der Waals surface area contributed by atoms with Crippen LogP contribution in [0.3, 0.4) is 0 Å². The molecule has 2 heterocycles. The van der Waals surface area contributed by atoms with Gasteiger partial charge in [-0.05, 0) is 49.6 Å². The zero-order valence-electron chi connectivity index (χ0n) is 15.0. The molecule has 1 saturated heterocycles. The molecule has 6 nitrogen and oxygen atoms in total. The van der Waals surface area contributed by atoms with Crippen LogP contribution >= 0.6 is 0 Å². The van der Waals surface area contributed by atoms with Crippen LogP contribution in [0.4, 0.5) is 26.2 Å². The molecule has 2 aromatic carbocycles. The van der Waals surface area contributed by atoms with E-state index in [1.165, 1.54) is 12.5 Å². The highest BCUT2D eigenvalue weighted by molar-refractivity contribution is 6.00. The molecule has 0 unspecified atom stereocenters. The number of carbonyl (C=O) groups excluding carboxylic acids is 1. The molecule has 1 fully saturated rings. The third-order valence-corrected chi connectivity index (χ3v) is 4.70. The van der Waals surface area contributed by atoms with Gasteiger partial charge in [-0.25, -0.2) is 9.18 Å². The Hall–Kier alpha value is -2.96. The van der Waals surface area contributed by atoms with Crippen molar-refractivity contribution in [1.29, 1.82) is 0 Å². The summed E-state index contributed by atoms with van der Waals surface area (Å²) in [5, 5.41) is 5.38. The molecule has 4 rings (SSSR count). The zero-order valence-corrected chi connectivity index (χ0v) is 15.0. The molecule has 0 spiro atoms. The summed E-state index contributed by atoms with van der Waals surface area (Å²) in [6.07, 6.45) is 3.35. The molecule has 2 amide bonds. The molecular weight excluding hydrogens is 349 g/mol. The minimum Gasteiger partial charge on any atom is -0.486 e. The molecule has 2 N–H and O–H groups in total. The monoisotopic (exact) mass is 371 g/mol. The average molecular weight is 371 g/mol. The summed E-state index contributed by atoms with van der Waals surface area (Å²) in [4.78, 5) is 14.3. The van der Waals surface area contributed by atoms with Crippen LogP contribution in [-0.4, -0.2) is 32.3 Å². The van der Waals surface area contributed by atoms with E-state index in [9.17, 15) is 9.18 Å². The standard InChI is InChI=1S/C20H22FN3O3/c21-16-12-14(4-6-17(16)24-8-2-1-3-9-24)22-20(25)23-15-5-7-18-19(13-15)27-11-10-26-18/h4-7,12-13H,1-3,8-11H2,(H2,22,23,25). The summed E-state index contributed by atoms with van der Waals surface area (Å²) in [6.45, 7) is 2.73. The molecule has 2 aliphatic rings. The van der Waals surface area contributed by atoms with Crippen molar-refractivity contribution in [3.63, 3.8) is 0 Å². The lowest BCUT2D eigenvalue weighted by Crippen LogP contribution is -2.30. The van der Waals surface area contributed by atoms with Crippen molar-refractivity contribution in [3.8, 4) is 11.5 Å². The van der Waals surface area contributed by atoms with Crippen LogP contribution in [0.5, 0.6) is 11.5 Å². The van der Waals surface area contributed by atoms with Gasteiger partial charge in [0.05, 0.1) is 5.69 Å². The summed E-state index contributed by atoms with van der Waals surface area (Å²) in [7, 11) is 0. The lowest BCUT2D eigenvalue weighted by molar-refractivity contribution is 0.171. The van der Waals surface area contributed by atoms with E-state index in [4.69, 9.17) is 9.47 Å². The van der Waals surface area contributed by atoms with Crippen molar-refractivity contribution in [1.82, 2.24) is 0 Å². The van der Waals surface area contributed by atoms with Crippen molar-refractivity contribution in [2.45, 2.75) is 19.3 Å². The molecular formula is C20H22FN3O3. The van der Waals surface area contributed by atoms with E-state index in [1.54, 1.807) is 30.3 Å². The van der Waals surface area contributed by atoms with Crippen LogP contribution in [-0.2, 0) is 0 Å². The Morgan fingerprint density at radius 1 is 0.889 bits per heavy atom. The quantitative estimate of drug-likeness (QED) is 0.848. The fourth-order valence-electron chi connectivity index (χ4n) is 3.39. The molecule has 0 aromatic heterocycles. The predicted molar refractivity (Wildman–Crippen MR) is 103 cm³/mol. The third kappa shape index (κ3) is 4.07. The number of nitrogens with one attached hydrogen (secondary N) is 2. The lowest BCUT2D eigenvalue weighted by Gasteiger charge is -2.29. The fraction of sp³-hybridized carbons (Fsp3) is 0.350. The van der Waals surface area contributed by atoms with Gasteiger partial charge in [0.15, 0.2) is 11.5 Å². The lowest BCUT2D eigenvalue weighted by atomic mass is 10.1. The van der Waals surface area contributed by atoms with E-state index in [-0.39, 0.29) is 5.82 Å². The number of hydrogen-bond acceptors (Lipinski definition) is 4. The number of rotatable bonds is 3. The molecule has 0 bridgehead atoms. The van der Waals surface area contributed by atoms with Crippen LogP contribution in [0.2, 0.25) is 0 Å². The topological polar surface area (TPSA) is 62.8 Å². The van der Waals surface area contributed by atoms with E-state index in [0.29, 0.717) is 41.8 Å². The number of halogens is 1. The van der Waals surface area contributed by atoms with Crippen molar-refractivity contribution >= 4 is 23.1 Å². The highest BCUT2D eigenvalue weighted by Gasteiger charge is 2.16. The minimum absolute atomic E-state index is 0.325. The van der Waals surface area contributed by atoms with Gasteiger partial charge >= 0.3 is 6.03 Å². The zero-order chi connectivity index (χ0) is 18.6. The van der Waals surface area contributed by atoms with E-state index < -0.39 is 6.03 Å². The first-order valence-corrected chi connectivity index (χ1v) is 9.21. The summed E-state index contributed by atoms with van der Waals surface area (Å²) in [5.74, 6) is 0.924. The highest BCUT2D eigenvalue weighted by Crippen LogP contribution is 2.32. The van der Waals surface area contributed by atoms with E-state index >= 15 is 0 Å². The maximum Gasteiger partial charge on any atom is 0.323 e. The van der Waals surface area contributed by atoms with Gasteiger partial charge in [-0.3, -0.25) is 0 Å². The SMILES string of the molecule is O=C(Nc1ccc(N2CCCCC2)c(F)c1)Nc1ccc2c(c1)OCCO2. The summed E-state index contributed by atoms with van der Waals surface area (Å²) >= 11 is 0. The second-order valence-electron chi connectivity index (χ2n) is 6.65. The first kappa shape index (κ1) is 17.5. The van der Waals surface area contributed by atoms with Crippen LogP contribution < -0.4 is 25.0 Å². The predicted octanol–water partition coefficient (Wildman–Crippen LogP) is 4.23. The Kier molecular flexibility index (Phi) is 5.00. The van der Waals surface area contributed by atoms with E-state index in [1.807, 2.05) is 0 Å². The first-order valence-electron chi connectivity index (χ1n) is 9.21. The van der Waals surface area contributed by atoms with Gasteiger partial charge < -0.3 is 25.0 Å². The molecule has 142 valence electrons. The van der Waals surface area contributed by atoms with E-state index in [0.717, 1.165) is 25.9 Å². The number of amides is 2. The number of hydrogen-bond donors (Lipinski definition) is 2. The smallest absolute Gasteiger partial charge is 0.323 e. The Balaban J connectivity index is 1.40. The number of urea groups is 1. The van der Waals surface area contributed by atoms with Gasteiger partial charge in [-0.2, -0.15) is 0 Å². The largest absolute Gasteiger partial charge is 0.486 e. The molecule has 27 heavy (non-hydrogen) atoms. The fourth-order valence-corrected chi connectivity index (χ4v) is 3.39. The molecule has 2 aromatic rings. The van der Waals surface area contributed by atoms with Crippen molar-refractivity contribution in [2.24, 2.45) is 0 Å². The van der Waals surface area contributed by atoms with Crippen molar-refractivity contribution < 1.29 is 18.7 Å². The number of benzene rings is 2. The molecule has 7 heteroatoms. The van der Waals surface area contributed by atoms with Gasteiger partial charge in [0.2, 0.25) is 0 Å². The van der Waals surface area contributed by atoms with Gasteiger partial charge in [0.1, 0.15) is 19.0 Å². The van der Waals surface area contributed by atoms with Crippen molar-refractivity contribution in [3.05, 3.63) is 42.2 Å². The Labute approximate surface area is 157 Å². The first-order chi connectivity index (χ1) is 13.2. The Morgan fingerprint density at radius 3 is 2.30 bits per heavy atom. The number of nitrogens with zero attached hydrogens (tertiary/aromatic N) is 1. The molecule has 0 saturated carbocycles. The number of carbonyl (C=O) groups is 1. The number of anilines is 3. The van der Waals surface area contributed by atoms with Crippen LogP contribution in [0, 0.1) is 5.82 Å². The highest BCUT2D eigenvalue weighted by atomic mass is 19.1. The number of ether oxygens (including phenoxy) is 2. The van der Waals surface area contributed by atoms with Crippen LogP contribution in [0.1, 0.15) is 19.3 Å². The Bertz CT molecular complexity index is 837. The second kappa shape index (κ2) is 7.73. The number of piperidine rings is 1. The average Bonchev–Trinajstić information content (AvgIpc) is 2.68. The summed E-state index contributed by atoms with van der Waals surface area (Å²) in [6, 6.07) is 9.53. The minimum atomic E-state index is -0.447. The second-order valence-corrected chi connectivity index (χ2v) is 6.65. The van der Waals surface area contributed by atoms with Crippen LogP contribution in [0.25, 0.3) is 0 Å². The van der Waals surface area contributed by atoms with Crippen molar-refractivity contribution in [2.75, 3.05) is 41.8 Å².